The van der Waals surface area contributed by atoms with Gasteiger partial charge in [0.15, 0.2) is 17.5 Å². The van der Waals surface area contributed by atoms with Crippen LogP contribution in [0.5, 0.6) is 0 Å². The number of rotatable bonds is 1. The molecule has 0 amide bonds. The van der Waals surface area contributed by atoms with Crippen molar-refractivity contribution in [2.24, 2.45) is 0 Å². The lowest BCUT2D eigenvalue weighted by atomic mass is 10.1. The van der Waals surface area contributed by atoms with Crippen molar-refractivity contribution in [3.63, 3.8) is 0 Å². The molecule has 0 atom stereocenters. The predicted molar refractivity (Wildman–Crippen MR) is 65.7 cm³/mol. The molecule has 3 aromatic rings. The molecule has 20 heavy (non-hydrogen) atoms. The highest BCUT2D eigenvalue weighted by Crippen LogP contribution is 2.31. The van der Waals surface area contributed by atoms with Gasteiger partial charge in [0, 0.05) is 12.4 Å². The molecule has 1 aromatic carbocycles. The van der Waals surface area contributed by atoms with Gasteiger partial charge in [-0.25, -0.2) is 28.1 Å². The molecule has 5 nitrogen and oxygen atoms in total. The number of fused-ring (bicyclic) bond motifs is 1. The molecule has 0 aliphatic rings. The molecule has 0 unspecified atom stereocenters. The van der Waals surface area contributed by atoms with E-state index in [1.807, 2.05) is 0 Å². The van der Waals surface area contributed by atoms with Gasteiger partial charge in [-0.3, -0.25) is 0 Å². The van der Waals surface area contributed by atoms with Crippen LogP contribution in [0.25, 0.3) is 16.6 Å². The molecule has 0 radical (unpaired) electrons. The molecule has 0 bridgehead atoms. The van der Waals surface area contributed by atoms with Crippen LogP contribution in [0, 0.1) is 24.4 Å². The minimum absolute atomic E-state index is 0.163. The summed E-state index contributed by atoms with van der Waals surface area (Å²) >= 11 is 0. The Morgan fingerprint density at radius 3 is 2.50 bits per heavy atom. The zero-order valence-electron chi connectivity index (χ0n) is 10.2. The summed E-state index contributed by atoms with van der Waals surface area (Å²) in [7, 11) is 0. The molecular weight excluding hydrogens is 271 g/mol. The number of hydrogen-bond donors (Lipinski definition) is 1. The zero-order chi connectivity index (χ0) is 14.4. The predicted octanol–water partition coefficient (Wildman–Crippen LogP) is 2.12. The first-order chi connectivity index (χ1) is 9.50. The van der Waals surface area contributed by atoms with E-state index in [0.717, 1.165) is 10.9 Å². The van der Waals surface area contributed by atoms with Crippen LogP contribution in [0.15, 0.2) is 18.7 Å². The molecule has 102 valence electrons. The van der Waals surface area contributed by atoms with Crippen LogP contribution in [0.2, 0.25) is 0 Å². The molecule has 3 rings (SSSR count). The molecule has 0 spiro atoms. The zero-order valence-corrected chi connectivity index (χ0v) is 10.2. The second-order valence-corrected chi connectivity index (χ2v) is 4.14. The highest BCUT2D eigenvalue weighted by molar-refractivity contribution is 5.90. The third kappa shape index (κ3) is 1.61. The number of aryl methyl sites for hydroxylation is 1. The Morgan fingerprint density at radius 1 is 1.10 bits per heavy atom. The van der Waals surface area contributed by atoms with E-state index in [1.54, 1.807) is 0 Å². The number of hydrogen-bond acceptors (Lipinski definition) is 4. The molecule has 0 aliphatic carbocycles. The van der Waals surface area contributed by atoms with E-state index in [-0.39, 0.29) is 17.2 Å². The minimum atomic E-state index is -1.37. The Labute approximate surface area is 110 Å². The van der Waals surface area contributed by atoms with Gasteiger partial charge in [-0.1, -0.05) is 0 Å². The van der Waals surface area contributed by atoms with Gasteiger partial charge < -0.3 is 10.3 Å². The normalized spacial score (nSPS) is 11.2. The van der Waals surface area contributed by atoms with Gasteiger partial charge in [0.05, 0.1) is 11.7 Å². The summed E-state index contributed by atoms with van der Waals surface area (Å²) in [5.41, 5.74) is 4.56. The minimum Gasteiger partial charge on any atom is -0.383 e. The number of nitrogens with two attached hydrogens (primary N) is 1. The first-order valence-corrected chi connectivity index (χ1v) is 5.59. The van der Waals surface area contributed by atoms with Gasteiger partial charge in [0.1, 0.15) is 22.8 Å². The molecule has 0 fully saturated rings. The van der Waals surface area contributed by atoms with E-state index in [0.29, 0.717) is 0 Å². The van der Waals surface area contributed by atoms with Crippen molar-refractivity contribution in [2.45, 2.75) is 6.92 Å². The van der Waals surface area contributed by atoms with Crippen molar-refractivity contribution in [2.75, 3.05) is 5.73 Å². The van der Waals surface area contributed by atoms with Gasteiger partial charge in [0.25, 0.3) is 0 Å². The van der Waals surface area contributed by atoms with Crippen LogP contribution >= 0.6 is 0 Å². The average molecular weight is 279 g/mol. The van der Waals surface area contributed by atoms with E-state index in [4.69, 9.17) is 5.73 Å². The number of anilines is 1. The van der Waals surface area contributed by atoms with Crippen molar-refractivity contribution in [1.82, 2.24) is 19.5 Å². The van der Waals surface area contributed by atoms with E-state index in [2.05, 4.69) is 15.0 Å². The Balaban J connectivity index is 2.51. The molecule has 2 heterocycles. The Morgan fingerprint density at radius 2 is 1.85 bits per heavy atom. The maximum Gasteiger partial charge on any atom is 0.186 e. The molecule has 8 heteroatoms. The first kappa shape index (κ1) is 12.4. The van der Waals surface area contributed by atoms with Crippen LogP contribution in [-0.2, 0) is 0 Å². The summed E-state index contributed by atoms with van der Waals surface area (Å²) in [5, 5.41) is -0.463. The Hall–Kier alpha value is -2.64. The smallest absolute Gasteiger partial charge is 0.186 e. The maximum absolute atomic E-state index is 14.4. The summed E-state index contributed by atoms with van der Waals surface area (Å²) in [4.78, 5) is 11.2. The number of nitrogens with zero attached hydrogens (tertiary/aromatic N) is 4. The third-order valence-corrected chi connectivity index (χ3v) is 2.85. The van der Waals surface area contributed by atoms with Crippen LogP contribution in [0.1, 0.15) is 5.82 Å². The number of nitrogen functional groups attached to an aromatic ring is 1. The van der Waals surface area contributed by atoms with Crippen molar-refractivity contribution in [1.29, 1.82) is 0 Å². The molecule has 0 aliphatic heterocycles. The number of aromatic nitrogens is 4. The molecule has 0 saturated heterocycles. The second kappa shape index (κ2) is 4.19. The van der Waals surface area contributed by atoms with Crippen LogP contribution in [0.3, 0.4) is 0 Å². The number of benzene rings is 1. The van der Waals surface area contributed by atoms with Gasteiger partial charge >= 0.3 is 0 Å². The standard InChI is InChI=1S/C12H8F3N5/c1-5-18-10-6(12(16)19-5)7(13)8(14)11(9(10)15)20-3-2-17-4-20/h2-4H,1H3,(H2,16,18,19). The summed E-state index contributed by atoms with van der Waals surface area (Å²) in [6.07, 6.45) is 3.77. The SMILES string of the molecule is Cc1nc(N)c2c(F)c(F)c(-n3ccnc3)c(F)c2n1. The molecule has 0 saturated carbocycles. The molecular formula is C12H8F3N5. The fourth-order valence-electron chi connectivity index (χ4n) is 2.01. The van der Waals surface area contributed by atoms with Crippen LogP contribution in [-0.4, -0.2) is 19.5 Å². The van der Waals surface area contributed by atoms with E-state index >= 15 is 0 Å². The fourth-order valence-corrected chi connectivity index (χ4v) is 2.01. The van der Waals surface area contributed by atoms with Gasteiger partial charge in [0.2, 0.25) is 0 Å². The van der Waals surface area contributed by atoms with Gasteiger partial charge in [-0.05, 0) is 6.92 Å². The lowest BCUT2D eigenvalue weighted by molar-refractivity contribution is 0.498. The quantitative estimate of drug-likeness (QED) is 0.693. The monoisotopic (exact) mass is 279 g/mol. The van der Waals surface area contributed by atoms with E-state index in [9.17, 15) is 13.2 Å². The fraction of sp³-hybridized carbons (Fsp3) is 0.0833. The second-order valence-electron chi connectivity index (χ2n) is 4.14. The van der Waals surface area contributed by atoms with Crippen molar-refractivity contribution in [3.05, 3.63) is 42.0 Å². The third-order valence-electron chi connectivity index (χ3n) is 2.85. The summed E-state index contributed by atoms with van der Waals surface area (Å²) in [6, 6.07) is 0. The van der Waals surface area contributed by atoms with E-state index in [1.165, 1.54) is 19.3 Å². The van der Waals surface area contributed by atoms with Crippen molar-refractivity contribution < 1.29 is 13.2 Å². The Kier molecular flexibility index (Phi) is 2.60. The van der Waals surface area contributed by atoms with Gasteiger partial charge in [-0.2, -0.15) is 0 Å². The lowest BCUT2D eigenvalue weighted by Gasteiger charge is -2.11. The maximum atomic E-state index is 14.4. The Bertz CT molecular complexity index is 814. The van der Waals surface area contributed by atoms with Gasteiger partial charge in [-0.15, -0.1) is 0 Å². The lowest BCUT2D eigenvalue weighted by Crippen LogP contribution is -2.08. The van der Waals surface area contributed by atoms with Crippen LogP contribution < -0.4 is 5.73 Å². The van der Waals surface area contributed by atoms with Crippen molar-refractivity contribution in [3.8, 4) is 5.69 Å². The van der Waals surface area contributed by atoms with E-state index < -0.39 is 28.5 Å². The van der Waals surface area contributed by atoms with Crippen LogP contribution in [0.4, 0.5) is 19.0 Å². The van der Waals surface area contributed by atoms with Crippen molar-refractivity contribution >= 4 is 16.7 Å². The number of imidazole rings is 1. The topological polar surface area (TPSA) is 69.6 Å². The summed E-state index contributed by atoms with van der Waals surface area (Å²) < 4.78 is 43.6. The molecule has 2 aromatic heterocycles. The first-order valence-electron chi connectivity index (χ1n) is 5.59. The molecule has 2 N–H and O–H groups in total. The highest BCUT2D eigenvalue weighted by atomic mass is 19.2. The summed E-state index contributed by atoms with van der Waals surface area (Å²) in [6.45, 7) is 1.48. The summed E-state index contributed by atoms with van der Waals surface area (Å²) in [5.74, 6) is -3.82. The largest absolute Gasteiger partial charge is 0.383 e. The number of halogens is 3. The highest BCUT2D eigenvalue weighted by Gasteiger charge is 2.24. The average Bonchev–Trinajstić information content (AvgIpc) is 2.89.